The van der Waals surface area contributed by atoms with E-state index in [4.69, 9.17) is 0 Å². The van der Waals surface area contributed by atoms with Crippen LogP contribution in [0, 0.1) is 0 Å². The first-order valence-corrected chi connectivity index (χ1v) is 7.67. The van der Waals surface area contributed by atoms with E-state index in [1.54, 1.807) is 0 Å². The highest BCUT2D eigenvalue weighted by atomic mass is 16.4. The van der Waals surface area contributed by atoms with Crippen LogP contribution in [-0.2, 0) is 12.8 Å². The number of rotatable bonds is 3. The Bertz CT molecular complexity index is 843. The first-order chi connectivity index (χ1) is 11.2. The lowest BCUT2D eigenvalue weighted by Crippen LogP contribution is -2.13. The SMILES string of the molecule is O=C(O)c1cnn(C2Cc3ccccc3C2)c1-c1ccccc1. The number of hydrogen-bond donors (Lipinski definition) is 1. The maximum atomic E-state index is 11.6. The van der Waals surface area contributed by atoms with Gasteiger partial charge in [-0.1, -0.05) is 54.6 Å². The molecule has 0 amide bonds. The highest BCUT2D eigenvalue weighted by molar-refractivity contribution is 5.94. The van der Waals surface area contributed by atoms with Crippen LogP contribution >= 0.6 is 0 Å². The van der Waals surface area contributed by atoms with E-state index in [1.807, 2.05) is 47.1 Å². The van der Waals surface area contributed by atoms with Crippen LogP contribution < -0.4 is 0 Å². The highest BCUT2D eigenvalue weighted by Gasteiger charge is 2.28. The van der Waals surface area contributed by atoms with Gasteiger partial charge in [0.15, 0.2) is 0 Å². The minimum Gasteiger partial charge on any atom is -0.478 e. The lowest BCUT2D eigenvalue weighted by Gasteiger charge is -2.15. The van der Waals surface area contributed by atoms with Crippen molar-refractivity contribution in [1.29, 1.82) is 0 Å². The Labute approximate surface area is 134 Å². The summed E-state index contributed by atoms with van der Waals surface area (Å²) < 4.78 is 1.89. The third kappa shape index (κ3) is 2.32. The topological polar surface area (TPSA) is 55.1 Å². The Balaban J connectivity index is 1.80. The summed E-state index contributed by atoms with van der Waals surface area (Å²) in [7, 11) is 0. The van der Waals surface area contributed by atoms with E-state index >= 15 is 0 Å². The lowest BCUT2D eigenvalue weighted by atomic mass is 10.1. The third-order valence-corrected chi connectivity index (χ3v) is 4.45. The molecule has 1 aliphatic carbocycles. The van der Waals surface area contributed by atoms with Crippen LogP contribution in [0.5, 0.6) is 0 Å². The molecule has 4 rings (SSSR count). The molecule has 0 spiro atoms. The van der Waals surface area contributed by atoms with Crippen molar-refractivity contribution in [2.75, 3.05) is 0 Å². The number of fused-ring (bicyclic) bond motifs is 1. The molecule has 1 heterocycles. The summed E-state index contributed by atoms with van der Waals surface area (Å²) >= 11 is 0. The number of aromatic carboxylic acids is 1. The van der Waals surface area contributed by atoms with Crippen molar-refractivity contribution in [2.45, 2.75) is 18.9 Å². The lowest BCUT2D eigenvalue weighted by molar-refractivity contribution is 0.0697. The molecule has 1 aliphatic rings. The molecule has 0 unspecified atom stereocenters. The Hall–Kier alpha value is -2.88. The number of benzene rings is 2. The summed E-state index contributed by atoms with van der Waals surface area (Å²) in [6.07, 6.45) is 3.24. The number of carboxylic acid groups (broad SMARTS) is 1. The first-order valence-electron chi connectivity index (χ1n) is 7.67. The van der Waals surface area contributed by atoms with Crippen LogP contribution in [-0.4, -0.2) is 20.9 Å². The van der Waals surface area contributed by atoms with Gasteiger partial charge in [0.25, 0.3) is 0 Å². The van der Waals surface area contributed by atoms with E-state index in [0.29, 0.717) is 5.69 Å². The fourth-order valence-electron chi connectivity index (χ4n) is 3.39. The third-order valence-electron chi connectivity index (χ3n) is 4.45. The Kier molecular flexibility index (Phi) is 3.23. The van der Waals surface area contributed by atoms with E-state index < -0.39 is 5.97 Å². The molecular formula is C19H16N2O2. The predicted molar refractivity (Wildman–Crippen MR) is 87.5 cm³/mol. The van der Waals surface area contributed by atoms with Crippen molar-refractivity contribution >= 4 is 5.97 Å². The second-order valence-electron chi connectivity index (χ2n) is 5.85. The Morgan fingerprint density at radius 3 is 2.22 bits per heavy atom. The fraction of sp³-hybridized carbons (Fsp3) is 0.158. The van der Waals surface area contributed by atoms with Crippen LogP contribution in [0.15, 0.2) is 60.8 Å². The standard InChI is InChI=1S/C19H16N2O2/c22-19(23)17-12-20-21(18(17)13-6-2-1-3-7-13)16-10-14-8-4-5-9-15(14)11-16/h1-9,12,16H,10-11H2,(H,22,23). The summed E-state index contributed by atoms with van der Waals surface area (Å²) in [6, 6.07) is 18.2. The summed E-state index contributed by atoms with van der Waals surface area (Å²) in [4.78, 5) is 11.6. The van der Waals surface area contributed by atoms with Gasteiger partial charge in [-0.3, -0.25) is 4.68 Å². The Morgan fingerprint density at radius 1 is 1.00 bits per heavy atom. The van der Waals surface area contributed by atoms with Crippen LogP contribution in [0.3, 0.4) is 0 Å². The maximum Gasteiger partial charge on any atom is 0.339 e. The van der Waals surface area contributed by atoms with Gasteiger partial charge in [0, 0.05) is 5.56 Å². The quantitative estimate of drug-likeness (QED) is 0.804. The van der Waals surface area contributed by atoms with Gasteiger partial charge in [0.2, 0.25) is 0 Å². The molecule has 4 nitrogen and oxygen atoms in total. The molecule has 0 atom stereocenters. The molecule has 0 saturated heterocycles. The molecule has 0 fully saturated rings. The van der Waals surface area contributed by atoms with Gasteiger partial charge in [-0.15, -0.1) is 0 Å². The fourth-order valence-corrected chi connectivity index (χ4v) is 3.39. The van der Waals surface area contributed by atoms with E-state index in [9.17, 15) is 9.90 Å². The number of carbonyl (C=O) groups is 1. The van der Waals surface area contributed by atoms with E-state index in [0.717, 1.165) is 18.4 Å². The molecule has 1 aromatic heterocycles. The largest absolute Gasteiger partial charge is 0.478 e. The van der Waals surface area contributed by atoms with E-state index in [1.165, 1.54) is 17.3 Å². The van der Waals surface area contributed by atoms with Crippen molar-refractivity contribution in [3.63, 3.8) is 0 Å². The predicted octanol–water partition coefficient (Wildman–Crippen LogP) is 3.59. The molecule has 1 N–H and O–H groups in total. The van der Waals surface area contributed by atoms with Crippen LogP contribution in [0.1, 0.15) is 27.5 Å². The zero-order chi connectivity index (χ0) is 15.8. The summed E-state index contributed by atoms with van der Waals surface area (Å²) in [5, 5.41) is 13.9. The van der Waals surface area contributed by atoms with Gasteiger partial charge in [-0.2, -0.15) is 5.10 Å². The second kappa shape index (κ2) is 5.39. The molecule has 2 aromatic carbocycles. The van der Waals surface area contributed by atoms with Crippen LogP contribution in [0.4, 0.5) is 0 Å². The molecular weight excluding hydrogens is 288 g/mol. The highest BCUT2D eigenvalue weighted by Crippen LogP contribution is 2.34. The smallest absolute Gasteiger partial charge is 0.339 e. The second-order valence-corrected chi connectivity index (χ2v) is 5.85. The van der Waals surface area contributed by atoms with Crippen molar-refractivity contribution in [1.82, 2.24) is 9.78 Å². The molecule has 4 heteroatoms. The van der Waals surface area contributed by atoms with Crippen molar-refractivity contribution in [3.05, 3.63) is 77.5 Å². The minimum atomic E-state index is -0.939. The van der Waals surface area contributed by atoms with Gasteiger partial charge in [0.1, 0.15) is 5.56 Å². The van der Waals surface area contributed by atoms with Crippen LogP contribution in [0.2, 0.25) is 0 Å². The van der Waals surface area contributed by atoms with Gasteiger partial charge in [-0.05, 0) is 24.0 Å². The van der Waals surface area contributed by atoms with E-state index in [-0.39, 0.29) is 11.6 Å². The monoisotopic (exact) mass is 304 g/mol. The van der Waals surface area contributed by atoms with Gasteiger partial charge >= 0.3 is 5.97 Å². The zero-order valence-corrected chi connectivity index (χ0v) is 12.5. The average molecular weight is 304 g/mol. The number of hydrogen-bond acceptors (Lipinski definition) is 2. The molecule has 23 heavy (non-hydrogen) atoms. The van der Waals surface area contributed by atoms with Gasteiger partial charge < -0.3 is 5.11 Å². The van der Waals surface area contributed by atoms with Gasteiger partial charge in [0.05, 0.1) is 17.9 Å². The van der Waals surface area contributed by atoms with Crippen LogP contribution in [0.25, 0.3) is 11.3 Å². The Morgan fingerprint density at radius 2 is 1.61 bits per heavy atom. The molecule has 0 saturated carbocycles. The zero-order valence-electron chi connectivity index (χ0n) is 12.5. The first kappa shape index (κ1) is 13.8. The van der Waals surface area contributed by atoms with E-state index in [2.05, 4.69) is 17.2 Å². The van der Waals surface area contributed by atoms with Crippen molar-refractivity contribution < 1.29 is 9.90 Å². The van der Waals surface area contributed by atoms with Crippen molar-refractivity contribution in [3.8, 4) is 11.3 Å². The molecule has 0 bridgehead atoms. The number of carboxylic acids is 1. The van der Waals surface area contributed by atoms with Crippen molar-refractivity contribution in [2.24, 2.45) is 0 Å². The van der Waals surface area contributed by atoms with Gasteiger partial charge in [-0.25, -0.2) is 4.79 Å². The molecule has 0 radical (unpaired) electrons. The summed E-state index contributed by atoms with van der Waals surface area (Å²) in [6.45, 7) is 0. The molecule has 3 aromatic rings. The average Bonchev–Trinajstić information content (AvgIpc) is 3.19. The summed E-state index contributed by atoms with van der Waals surface area (Å²) in [5.74, 6) is -0.939. The minimum absolute atomic E-state index is 0.163. The molecule has 114 valence electrons. The summed E-state index contributed by atoms with van der Waals surface area (Å²) in [5.41, 5.74) is 4.48. The maximum absolute atomic E-state index is 11.6. The molecule has 0 aliphatic heterocycles. The number of nitrogens with zero attached hydrogens (tertiary/aromatic N) is 2. The number of aromatic nitrogens is 2. The normalized spacial score (nSPS) is 13.9.